The first-order valence-corrected chi connectivity index (χ1v) is 6.02. The van der Waals surface area contributed by atoms with Gasteiger partial charge < -0.3 is 15.5 Å². The number of amides is 2. The summed E-state index contributed by atoms with van der Waals surface area (Å²) in [6.45, 7) is 6.02. The summed E-state index contributed by atoms with van der Waals surface area (Å²) in [5.74, 6) is 0.659. The normalized spacial score (nSPS) is 31.7. The number of nitrogens with zero attached hydrogens (tertiary/aromatic N) is 1. The maximum absolute atomic E-state index is 11.9. The first-order valence-electron chi connectivity index (χ1n) is 6.02. The van der Waals surface area contributed by atoms with Crippen molar-refractivity contribution in [2.24, 2.45) is 5.92 Å². The number of carbonyl (C=O) groups excluding carboxylic acids is 1. The van der Waals surface area contributed by atoms with Crippen LogP contribution in [0.5, 0.6) is 0 Å². The minimum absolute atomic E-state index is 0.134. The Bertz CT molecular complexity index is 226. The lowest BCUT2D eigenvalue weighted by Gasteiger charge is -2.31. The van der Waals surface area contributed by atoms with Crippen molar-refractivity contribution in [1.29, 1.82) is 0 Å². The van der Waals surface area contributed by atoms with Crippen molar-refractivity contribution >= 4 is 6.03 Å². The second-order valence-corrected chi connectivity index (χ2v) is 4.83. The molecule has 0 aliphatic carbocycles. The van der Waals surface area contributed by atoms with Gasteiger partial charge >= 0.3 is 6.03 Å². The molecule has 2 fully saturated rings. The predicted molar refractivity (Wildman–Crippen MR) is 59.8 cm³/mol. The number of carbonyl (C=O) groups is 1. The molecule has 2 N–H and O–H groups in total. The van der Waals surface area contributed by atoms with Gasteiger partial charge in [0.05, 0.1) is 0 Å². The van der Waals surface area contributed by atoms with Crippen LogP contribution in [0.1, 0.15) is 26.2 Å². The van der Waals surface area contributed by atoms with E-state index in [1.807, 2.05) is 4.90 Å². The quantitative estimate of drug-likeness (QED) is 0.673. The number of piperidine rings is 1. The van der Waals surface area contributed by atoms with Crippen LogP contribution in [-0.2, 0) is 0 Å². The second kappa shape index (κ2) is 4.84. The molecule has 86 valence electrons. The summed E-state index contributed by atoms with van der Waals surface area (Å²) in [4.78, 5) is 13.9. The van der Waals surface area contributed by atoms with E-state index in [1.165, 1.54) is 6.42 Å². The Morgan fingerprint density at radius 3 is 3.00 bits per heavy atom. The molecule has 0 aromatic carbocycles. The lowest BCUT2D eigenvalue weighted by Crippen LogP contribution is -2.48. The van der Waals surface area contributed by atoms with Crippen LogP contribution < -0.4 is 10.6 Å². The van der Waals surface area contributed by atoms with Crippen LogP contribution in [0, 0.1) is 5.92 Å². The molecular weight excluding hydrogens is 190 g/mol. The van der Waals surface area contributed by atoms with Crippen LogP contribution in [0.2, 0.25) is 0 Å². The van der Waals surface area contributed by atoms with E-state index in [2.05, 4.69) is 17.6 Å². The SMILES string of the molecule is CC1CCCN(C(=O)NC2CCNC2)C1. The van der Waals surface area contributed by atoms with Gasteiger partial charge in [0.25, 0.3) is 0 Å². The molecule has 15 heavy (non-hydrogen) atoms. The highest BCUT2D eigenvalue weighted by molar-refractivity contribution is 5.74. The number of likely N-dealkylation sites (tertiary alicyclic amines) is 1. The lowest BCUT2D eigenvalue weighted by molar-refractivity contribution is 0.167. The standard InChI is InChI=1S/C11H21N3O/c1-9-3-2-6-14(8-9)11(15)13-10-4-5-12-7-10/h9-10,12H,2-8H2,1H3,(H,13,15). The van der Waals surface area contributed by atoms with Gasteiger partial charge in [-0.25, -0.2) is 4.79 Å². The van der Waals surface area contributed by atoms with Gasteiger partial charge in [-0.3, -0.25) is 0 Å². The fourth-order valence-electron chi connectivity index (χ4n) is 2.42. The highest BCUT2D eigenvalue weighted by atomic mass is 16.2. The minimum atomic E-state index is 0.134. The van der Waals surface area contributed by atoms with Gasteiger partial charge in [-0.1, -0.05) is 6.92 Å². The monoisotopic (exact) mass is 211 g/mol. The van der Waals surface area contributed by atoms with Crippen molar-refractivity contribution in [2.45, 2.75) is 32.2 Å². The molecule has 2 aliphatic heterocycles. The highest BCUT2D eigenvalue weighted by Crippen LogP contribution is 2.15. The average Bonchev–Trinajstić information content (AvgIpc) is 2.70. The van der Waals surface area contributed by atoms with Crippen LogP contribution in [0.15, 0.2) is 0 Å². The van der Waals surface area contributed by atoms with E-state index in [0.717, 1.165) is 39.0 Å². The Balaban J connectivity index is 1.78. The molecule has 2 atom stereocenters. The largest absolute Gasteiger partial charge is 0.334 e. The Kier molecular flexibility index (Phi) is 3.46. The fourth-order valence-corrected chi connectivity index (χ4v) is 2.42. The molecule has 2 heterocycles. The third-order valence-corrected chi connectivity index (χ3v) is 3.33. The van der Waals surface area contributed by atoms with E-state index in [1.54, 1.807) is 0 Å². The molecule has 0 aromatic rings. The van der Waals surface area contributed by atoms with Crippen molar-refractivity contribution in [3.05, 3.63) is 0 Å². The Hall–Kier alpha value is -0.770. The third kappa shape index (κ3) is 2.84. The van der Waals surface area contributed by atoms with E-state index >= 15 is 0 Å². The van der Waals surface area contributed by atoms with Gasteiger partial charge in [0.15, 0.2) is 0 Å². The smallest absolute Gasteiger partial charge is 0.317 e. The molecule has 2 aliphatic rings. The van der Waals surface area contributed by atoms with Gasteiger partial charge in [-0.05, 0) is 31.7 Å². The van der Waals surface area contributed by atoms with Crippen molar-refractivity contribution in [3.8, 4) is 0 Å². The van der Waals surface area contributed by atoms with Crippen molar-refractivity contribution in [3.63, 3.8) is 0 Å². The van der Waals surface area contributed by atoms with E-state index in [0.29, 0.717) is 12.0 Å². The zero-order valence-corrected chi connectivity index (χ0v) is 9.46. The first kappa shape index (κ1) is 10.7. The van der Waals surface area contributed by atoms with Crippen molar-refractivity contribution in [2.75, 3.05) is 26.2 Å². The highest BCUT2D eigenvalue weighted by Gasteiger charge is 2.23. The summed E-state index contributed by atoms with van der Waals surface area (Å²) in [7, 11) is 0. The summed E-state index contributed by atoms with van der Waals surface area (Å²) < 4.78 is 0. The summed E-state index contributed by atoms with van der Waals surface area (Å²) in [5, 5.41) is 6.35. The van der Waals surface area contributed by atoms with Crippen molar-refractivity contribution < 1.29 is 4.79 Å². The van der Waals surface area contributed by atoms with E-state index in [-0.39, 0.29) is 6.03 Å². The first-order chi connectivity index (χ1) is 7.25. The van der Waals surface area contributed by atoms with Crippen LogP contribution in [0.3, 0.4) is 0 Å². The zero-order chi connectivity index (χ0) is 10.7. The van der Waals surface area contributed by atoms with E-state index in [9.17, 15) is 4.79 Å². The van der Waals surface area contributed by atoms with Crippen LogP contribution in [0.25, 0.3) is 0 Å². The number of urea groups is 1. The average molecular weight is 211 g/mol. The number of hydrogen-bond acceptors (Lipinski definition) is 2. The van der Waals surface area contributed by atoms with Crippen molar-refractivity contribution in [1.82, 2.24) is 15.5 Å². The minimum Gasteiger partial charge on any atom is -0.334 e. The second-order valence-electron chi connectivity index (χ2n) is 4.83. The maximum Gasteiger partial charge on any atom is 0.317 e. The molecule has 0 saturated carbocycles. The molecular formula is C11H21N3O. The van der Waals surface area contributed by atoms with Crippen LogP contribution in [0.4, 0.5) is 4.79 Å². The molecule has 4 nitrogen and oxygen atoms in total. The maximum atomic E-state index is 11.9. The summed E-state index contributed by atoms with van der Waals surface area (Å²) >= 11 is 0. The Morgan fingerprint density at radius 1 is 1.47 bits per heavy atom. The van der Waals surface area contributed by atoms with Gasteiger partial charge in [-0.15, -0.1) is 0 Å². The Labute approximate surface area is 91.4 Å². The molecule has 2 saturated heterocycles. The lowest BCUT2D eigenvalue weighted by atomic mass is 10.0. The number of hydrogen-bond donors (Lipinski definition) is 2. The third-order valence-electron chi connectivity index (χ3n) is 3.33. The molecule has 2 amide bonds. The number of nitrogens with one attached hydrogen (secondary N) is 2. The number of rotatable bonds is 1. The molecule has 0 spiro atoms. The van der Waals surface area contributed by atoms with Gasteiger partial charge in [0.2, 0.25) is 0 Å². The zero-order valence-electron chi connectivity index (χ0n) is 9.46. The molecule has 0 radical (unpaired) electrons. The van der Waals surface area contributed by atoms with Gasteiger partial charge in [-0.2, -0.15) is 0 Å². The van der Waals surface area contributed by atoms with Gasteiger partial charge in [0, 0.05) is 25.7 Å². The van der Waals surface area contributed by atoms with Crippen LogP contribution >= 0.6 is 0 Å². The van der Waals surface area contributed by atoms with Gasteiger partial charge in [0.1, 0.15) is 0 Å². The predicted octanol–water partition coefficient (Wildman–Crippen LogP) is 0.790. The van der Waals surface area contributed by atoms with E-state index < -0.39 is 0 Å². The molecule has 0 bridgehead atoms. The van der Waals surface area contributed by atoms with Crippen LogP contribution in [-0.4, -0.2) is 43.2 Å². The summed E-state index contributed by atoms with van der Waals surface area (Å²) in [5.41, 5.74) is 0. The molecule has 2 rings (SSSR count). The molecule has 2 unspecified atom stereocenters. The fraction of sp³-hybridized carbons (Fsp3) is 0.909. The molecule has 0 aromatic heterocycles. The summed E-state index contributed by atoms with van der Waals surface area (Å²) in [6, 6.07) is 0.477. The Morgan fingerprint density at radius 2 is 2.33 bits per heavy atom. The topological polar surface area (TPSA) is 44.4 Å². The molecule has 4 heteroatoms. The summed E-state index contributed by atoms with van der Waals surface area (Å²) in [6.07, 6.45) is 3.47. The van der Waals surface area contributed by atoms with E-state index in [4.69, 9.17) is 0 Å².